The monoisotopic (exact) mass is 368 g/mol. The van der Waals surface area contributed by atoms with Gasteiger partial charge >= 0.3 is 5.97 Å². The Labute approximate surface area is 161 Å². The minimum atomic E-state index is -0.579. The van der Waals surface area contributed by atoms with Crippen LogP contribution in [0.15, 0.2) is 48.5 Å². The molecule has 0 aliphatic carbocycles. The summed E-state index contributed by atoms with van der Waals surface area (Å²) in [6.45, 7) is 11.5. The average molecular weight is 368 g/mol. The molecule has 0 aromatic heterocycles. The largest absolute Gasteiger partial charge is 0.488 e. The molecular formula is C23H28O4. The Balaban J connectivity index is 2.08. The van der Waals surface area contributed by atoms with Gasteiger partial charge in [-0.05, 0) is 89.6 Å². The topological polar surface area (TPSA) is 52.6 Å². The van der Waals surface area contributed by atoms with Crippen LogP contribution in [0, 0.1) is 5.41 Å². The third kappa shape index (κ3) is 5.68. The second-order valence-corrected chi connectivity index (χ2v) is 8.23. The van der Waals surface area contributed by atoms with Crippen LogP contribution in [0.3, 0.4) is 0 Å². The van der Waals surface area contributed by atoms with Gasteiger partial charge in [0.25, 0.3) is 0 Å². The summed E-state index contributed by atoms with van der Waals surface area (Å²) >= 11 is 0. The fourth-order valence-corrected chi connectivity index (χ4v) is 2.17. The molecule has 2 aromatic rings. The van der Waals surface area contributed by atoms with E-state index in [1.165, 1.54) is 0 Å². The number of benzene rings is 2. The summed E-state index contributed by atoms with van der Waals surface area (Å²) in [5.74, 6) is 0.761. The van der Waals surface area contributed by atoms with Gasteiger partial charge < -0.3 is 9.47 Å². The van der Waals surface area contributed by atoms with Crippen LogP contribution < -0.4 is 9.47 Å². The van der Waals surface area contributed by atoms with Crippen molar-refractivity contribution in [3.05, 3.63) is 59.7 Å². The first kappa shape index (κ1) is 20.7. The van der Waals surface area contributed by atoms with E-state index in [-0.39, 0.29) is 17.4 Å². The van der Waals surface area contributed by atoms with Crippen LogP contribution in [0.25, 0.3) is 0 Å². The van der Waals surface area contributed by atoms with Gasteiger partial charge in [-0.15, -0.1) is 0 Å². The van der Waals surface area contributed by atoms with E-state index in [0.29, 0.717) is 16.9 Å². The highest BCUT2D eigenvalue weighted by molar-refractivity contribution is 6.09. The summed E-state index contributed by atoms with van der Waals surface area (Å²) in [7, 11) is 0. The lowest BCUT2D eigenvalue weighted by atomic mass is 9.97. The summed E-state index contributed by atoms with van der Waals surface area (Å²) in [5, 5.41) is 0. The van der Waals surface area contributed by atoms with E-state index in [1.807, 2.05) is 26.0 Å². The van der Waals surface area contributed by atoms with Crippen molar-refractivity contribution in [1.82, 2.24) is 0 Å². The summed E-state index contributed by atoms with van der Waals surface area (Å²) in [6, 6.07) is 13.7. The van der Waals surface area contributed by atoms with Crippen molar-refractivity contribution in [3.63, 3.8) is 0 Å². The highest BCUT2D eigenvalue weighted by atomic mass is 16.5. The molecule has 4 heteroatoms. The Hall–Kier alpha value is -2.62. The van der Waals surface area contributed by atoms with Crippen LogP contribution in [0.2, 0.25) is 0 Å². The van der Waals surface area contributed by atoms with Crippen LogP contribution >= 0.6 is 0 Å². The molecule has 0 saturated carbocycles. The second kappa shape index (κ2) is 7.95. The smallest absolute Gasteiger partial charge is 0.316 e. The van der Waals surface area contributed by atoms with Crippen LogP contribution in [0.1, 0.15) is 63.9 Å². The average Bonchev–Trinajstić information content (AvgIpc) is 2.61. The normalized spacial score (nSPS) is 11.8. The minimum Gasteiger partial charge on any atom is -0.488 e. The maximum Gasteiger partial charge on any atom is 0.316 e. The van der Waals surface area contributed by atoms with Crippen molar-refractivity contribution in [2.45, 2.75) is 53.6 Å². The minimum absolute atomic E-state index is 0.0926. The van der Waals surface area contributed by atoms with E-state index < -0.39 is 5.41 Å². The molecular weight excluding hydrogens is 340 g/mol. The van der Waals surface area contributed by atoms with E-state index in [9.17, 15) is 9.59 Å². The van der Waals surface area contributed by atoms with Crippen LogP contribution in [0.4, 0.5) is 0 Å². The Bertz CT molecular complexity index is 794. The molecule has 0 radical (unpaired) electrons. The molecule has 0 heterocycles. The summed E-state index contributed by atoms with van der Waals surface area (Å²) in [4.78, 5) is 24.6. The standard InChI is InChI=1S/C23H28O4/c1-7-23(5,6)27-19-14-10-17(11-15-19)20(24)16-8-12-18(13-9-16)26-21(25)22(2,3)4/h8-15H,7H2,1-6H3. The van der Waals surface area contributed by atoms with Crippen molar-refractivity contribution < 1.29 is 19.1 Å². The van der Waals surface area contributed by atoms with Gasteiger partial charge in [-0.2, -0.15) is 0 Å². The Morgan fingerprint density at radius 3 is 1.63 bits per heavy atom. The second-order valence-electron chi connectivity index (χ2n) is 8.23. The van der Waals surface area contributed by atoms with Gasteiger partial charge in [0.1, 0.15) is 17.1 Å². The molecule has 27 heavy (non-hydrogen) atoms. The molecule has 0 aliphatic rings. The first-order valence-corrected chi connectivity index (χ1v) is 9.18. The molecule has 0 atom stereocenters. The summed E-state index contributed by atoms with van der Waals surface area (Å²) in [6.07, 6.45) is 0.889. The molecule has 0 fully saturated rings. The van der Waals surface area contributed by atoms with E-state index >= 15 is 0 Å². The predicted octanol–water partition coefficient (Wildman–Crippen LogP) is 5.44. The number of rotatable bonds is 6. The SMILES string of the molecule is CCC(C)(C)Oc1ccc(C(=O)c2ccc(OC(=O)C(C)(C)C)cc2)cc1. The number of hydrogen-bond acceptors (Lipinski definition) is 4. The van der Waals surface area contributed by atoms with Gasteiger partial charge in [-0.3, -0.25) is 9.59 Å². The van der Waals surface area contributed by atoms with Crippen molar-refractivity contribution >= 4 is 11.8 Å². The third-order valence-corrected chi connectivity index (χ3v) is 4.30. The van der Waals surface area contributed by atoms with Gasteiger partial charge in [-0.1, -0.05) is 6.92 Å². The van der Waals surface area contributed by atoms with Gasteiger partial charge in [0, 0.05) is 11.1 Å². The van der Waals surface area contributed by atoms with E-state index in [0.717, 1.165) is 12.2 Å². The van der Waals surface area contributed by atoms with Crippen LogP contribution in [0.5, 0.6) is 11.5 Å². The molecule has 4 nitrogen and oxygen atoms in total. The number of carbonyl (C=O) groups excluding carboxylic acids is 2. The van der Waals surface area contributed by atoms with Crippen molar-refractivity contribution in [1.29, 1.82) is 0 Å². The highest BCUT2D eigenvalue weighted by Gasteiger charge is 2.23. The first-order valence-electron chi connectivity index (χ1n) is 9.18. The maximum absolute atomic E-state index is 12.6. The lowest BCUT2D eigenvalue weighted by Crippen LogP contribution is -2.26. The van der Waals surface area contributed by atoms with E-state index in [4.69, 9.17) is 9.47 Å². The van der Waals surface area contributed by atoms with Gasteiger partial charge in [0.2, 0.25) is 0 Å². The Morgan fingerprint density at radius 2 is 1.22 bits per heavy atom. The lowest BCUT2D eigenvalue weighted by Gasteiger charge is -2.24. The van der Waals surface area contributed by atoms with Gasteiger partial charge in [-0.25, -0.2) is 0 Å². The molecule has 0 spiro atoms. The van der Waals surface area contributed by atoms with E-state index in [2.05, 4.69) is 6.92 Å². The number of hydrogen-bond donors (Lipinski definition) is 0. The number of ether oxygens (including phenoxy) is 2. The molecule has 0 aliphatic heterocycles. The highest BCUT2D eigenvalue weighted by Crippen LogP contribution is 2.23. The van der Waals surface area contributed by atoms with Crippen molar-refractivity contribution in [3.8, 4) is 11.5 Å². The molecule has 0 bridgehead atoms. The van der Waals surface area contributed by atoms with Crippen LogP contribution in [-0.4, -0.2) is 17.4 Å². The van der Waals surface area contributed by atoms with Gasteiger partial charge in [0.05, 0.1) is 5.41 Å². The first-order chi connectivity index (χ1) is 12.5. The predicted molar refractivity (Wildman–Crippen MR) is 106 cm³/mol. The summed E-state index contributed by atoms with van der Waals surface area (Å²) in [5.41, 5.74) is 0.292. The summed E-state index contributed by atoms with van der Waals surface area (Å²) < 4.78 is 11.2. The fraction of sp³-hybridized carbons (Fsp3) is 0.391. The van der Waals surface area contributed by atoms with Gasteiger partial charge in [0.15, 0.2) is 5.78 Å². The lowest BCUT2D eigenvalue weighted by molar-refractivity contribution is -0.143. The van der Waals surface area contributed by atoms with E-state index in [1.54, 1.807) is 57.2 Å². The maximum atomic E-state index is 12.6. The quantitative estimate of drug-likeness (QED) is 0.387. The molecule has 0 N–H and O–H groups in total. The molecule has 0 unspecified atom stereocenters. The van der Waals surface area contributed by atoms with Crippen molar-refractivity contribution in [2.24, 2.45) is 5.41 Å². The molecule has 2 aromatic carbocycles. The zero-order chi connectivity index (χ0) is 20.2. The number of ketones is 1. The molecule has 0 amide bonds. The fourth-order valence-electron chi connectivity index (χ4n) is 2.17. The molecule has 2 rings (SSSR count). The zero-order valence-corrected chi connectivity index (χ0v) is 17.0. The molecule has 0 saturated heterocycles. The number of carbonyl (C=O) groups is 2. The Morgan fingerprint density at radius 1 is 0.778 bits per heavy atom. The van der Waals surface area contributed by atoms with Crippen LogP contribution in [-0.2, 0) is 4.79 Å². The van der Waals surface area contributed by atoms with Crippen molar-refractivity contribution in [2.75, 3.05) is 0 Å². The zero-order valence-electron chi connectivity index (χ0n) is 17.0. The third-order valence-electron chi connectivity index (χ3n) is 4.30. The Kier molecular flexibility index (Phi) is 6.09. The number of esters is 1. The molecule has 144 valence electrons.